The fourth-order valence-corrected chi connectivity index (χ4v) is 10.2. The second-order valence-corrected chi connectivity index (χ2v) is 16.5. The zero-order valence-electron chi connectivity index (χ0n) is 31.7. The molecule has 0 radical (unpaired) electrons. The van der Waals surface area contributed by atoms with Crippen LogP contribution in [0.25, 0.3) is 31.6 Å². The first-order chi connectivity index (χ1) is 28.1. The molecule has 2 unspecified atom stereocenters. The molecule has 0 bridgehead atoms. The van der Waals surface area contributed by atoms with Crippen molar-refractivity contribution in [1.29, 1.82) is 0 Å². The minimum atomic E-state index is -1.27. The summed E-state index contributed by atoms with van der Waals surface area (Å²) in [4.78, 5) is 81.5. The standard InChI is InChI=1S/C42H40N8O6S2/c1-23(2)34(47-33(52)20-51)40(53)50-17-7-11-32(50)39-45-29-15-13-25(18-30(29)46-39)28-22-58-36-26(21-57-37(28)36)12-14-27-19-43-38(44-27)31-10-6-16-49(31)41(54)35(48-42(55)56)24-8-4-3-5-9-24/h3-5,8-9,13,15,18-23,31-32,34-35,48H,6-7,10-11,16-17H2,1-2H3,(H,43,44)(H,45,46)(H,47,52)(H,55,56)/t31?,32?,34-,35-/m1/s1. The number of nitrogens with one attached hydrogen (secondary N) is 4. The lowest BCUT2D eigenvalue weighted by atomic mass is 10.0. The highest BCUT2D eigenvalue weighted by molar-refractivity contribution is 7.27. The molecule has 8 rings (SSSR count). The summed E-state index contributed by atoms with van der Waals surface area (Å²) in [6.07, 6.45) is 3.57. The third kappa shape index (κ3) is 7.58. The number of hydrogen-bond acceptors (Lipinski definition) is 9. The number of carbonyl (C=O) groups excluding carboxylic acids is 4. The summed E-state index contributed by atoms with van der Waals surface area (Å²) in [5, 5.41) is 18.6. The smallest absolute Gasteiger partial charge is 0.405 e. The molecule has 16 heteroatoms. The Morgan fingerprint density at radius 1 is 0.897 bits per heavy atom. The second kappa shape index (κ2) is 16.3. The zero-order valence-corrected chi connectivity index (χ0v) is 33.3. The van der Waals surface area contributed by atoms with Crippen LogP contribution < -0.4 is 10.6 Å². The van der Waals surface area contributed by atoms with E-state index in [0.29, 0.717) is 42.4 Å². The monoisotopic (exact) mass is 816 g/mol. The van der Waals surface area contributed by atoms with Crippen LogP contribution in [0.5, 0.6) is 0 Å². The van der Waals surface area contributed by atoms with Crippen molar-refractivity contribution in [2.45, 2.75) is 63.7 Å². The Labute approximate surface area is 341 Å². The molecule has 14 nitrogen and oxygen atoms in total. The van der Waals surface area contributed by atoms with Crippen molar-refractivity contribution in [1.82, 2.24) is 40.4 Å². The topological polar surface area (TPSA) is 193 Å². The Morgan fingerprint density at radius 2 is 1.62 bits per heavy atom. The predicted octanol–water partition coefficient (Wildman–Crippen LogP) is 6.30. The SMILES string of the molecule is CC(C)[C@@H](NC(=O)C=O)C(=O)N1CCCC1c1nc2cc(-c3csc4c(C#Cc5cnc(C6CCCN6C(=O)[C@H](NC(=O)O)c6ccccc6)[nH]5)csc34)ccc2[nH]1. The van der Waals surface area contributed by atoms with Crippen molar-refractivity contribution >= 4 is 73.2 Å². The molecule has 0 aliphatic carbocycles. The predicted molar refractivity (Wildman–Crippen MR) is 220 cm³/mol. The van der Waals surface area contributed by atoms with Crippen molar-refractivity contribution in [2.24, 2.45) is 5.92 Å². The summed E-state index contributed by atoms with van der Waals surface area (Å²) in [6.45, 7) is 4.70. The lowest BCUT2D eigenvalue weighted by Crippen LogP contribution is -2.51. The number of H-pyrrole nitrogens is 2. The van der Waals surface area contributed by atoms with Crippen LogP contribution in [0.15, 0.2) is 65.5 Å². The first-order valence-electron chi connectivity index (χ1n) is 19.1. The van der Waals surface area contributed by atoms with Crippen molar-refractivity contribution in [3.8, 4) is 23.0 Å². The van der Waals surface area contributed by atoms with Crippen LogP contribution in [0.3, 0.4) is 0 Å². The number of aromatic nitrogens is 4. The summed E-state index contributed by atoms with van der Waals surface area (Å²) in [6, 6.07) is 12.5. The second-order valence-electron chi connectivity index (χ2n) is 14.8. The van der Waals surface area contributed by atoms with Crippen LogP contribution in [-0.2, 0) is 19.2 Å². The zero-order chi connectivity index (χ0) is 40.5. The van der Waals surface area contributed by atoms with E-state index in [-0.39, 0.29) is 36.1 Å². The van der Waals surface area contributed by atoms with Crippen molar-refractivity contribution < 1.29 is 29.1 Å². The van der Waals surface area contributed by atoms with Gasteiger partial charge in [0.05, 0.1) is 44.3 Å². The normalized spacial score (nSPS) is 17.6. The molecule has 296 valence electrons. The number of fused-ring (bicyclic) bond motifs is 2. The number of benzene rings is 2. The number of aldehydes is 1. The number of thiophene rings is 2. The number of hydrogen-bond donors (Lipinski definition) is 5. The molecular weight excluding hydrogens is 777 g/mol. The minimum absolute atomic E-state index is 0.189. The molecule has 58 heavy (non-hydrogen) atoms. The maximum Gasteiger partial charge on any atom is 0.405 e. The van der Waals surface area contributed by atoms with Crippen molar-refractivity contribution in [3.63, 3.8) is 0 Å². The van der Waals surface area contributed by atoms with E-state index in [9.17, 15) is 29.1 Å². The molecule has 0 spiro atoms. The maximum atomic E-state index is 13.7. The Kier molecular flexibility index (Phi) is 10.8. The van der Waals surface area contributed by atoms with E-state index in [1.54, 1.807) is 62.9 Å². The van der Waals surface area contributed by atoms with Gasteiger partial charge >= 0.3 is 6.09 Å². The fraction of sp³-hybridized carbons (Fsp3) is 0.310. The van der Waals surface area contributed by atoms with E-state index in [1.807, 2.05) is 37.4 Å². The van der Waals surface area contributed by atoms with Crippen molar-refractivity contribution in [3.05, 3.63) is 94.0 Å². The van der Waals surface area contributed by atoms with Gasteiger partial charge in [-0.2, -0.15) is 0 Å². The highest BCUT2D eigenvalue weighted by Crippen LogP contribution is 2.41. The lowest BCUT2D eigenvalue weighted by Gasteiger charge is -2.29. The fourth-order valence-electron chi connectivity index (χ4n) is 7.89. The third-order valence-electron chi connectivity index (χ3n) is 10.7. The molecule has 0 saturated carbocycles. The van der Waals surface area contributed by atoms with Gasteiger partial charge in [-0.1, -0.05) is 56.2 Å². The van der Waals surface area contributed by atoms with Gasteiger partial charge in [0.1, 0.15) is 29.4 Å². The van der Waals surface area contributed by atoms with Gasteiger partial charge in [0.2, 0.25) is 12.2 Å². The Hall–Kier alpha value is -6.31. The molecule has 6 heterocycles. The average Bonchev–Trinajstić information content (AvgIpc) is 4.08. The molecule has 2 fully saturated rings. The molecule has 4 atom stereocenters. The van der Waals surface area contributed by atoms with Gasteiger partial charge in [-0.3, -0.25) is 19.2 Å². The number of carboxylic acid groups (broad SMARTS) is 1. The van der Waals surface area contributed by atoms with Crippen LogP contribution in [0.2, 0.25) is 0 Å². The molecule has 4 amide bonds. The van der Waals surface area contributed by atoms with Crippen LogP contribution >= 0.6 is 22.7 Å². The molecule has 6 aromatic rings. The highest BCUT2D eigenvalue weighted by atomic mass is 32.1. The number of likely N-dealkylation sites (tertiary alicyclic amines) is 2. The van der Waals surface area contributed by atoms with E-state index in [2.05, 4.69) is 48.9 Å². The summed E-state index contributed by atoms with van der Waals surface area (Å²) in [5.41, 5.74) is 5.81. The number of imidazole rings is 2. The number of amides is 4. The van der Waals surface area contributed by atoms with Gasteiger partial charge in [0.25, 0.3) is 11.8 Å². The molecule has 4 aromatic heterocycles. The van der Waals surface area contributed by atoms with Gasteiger partial charge in [-0.15, -0.1) is 22.7 Å². The average molecular weight is 817 g/mol. The van der Waals surface area contributed by atoms with Crippen LogP contribution in [-0.4, -0.2) is 84.1 Å². The highest BCUT2D eigenvalue weighted by Gasteiger charge is 2.38. The minimum Gasteiger partial charge on any atom is -0.465 e. The van der Waals surface area contributed by atoms with E-state index >= 15 is 0 Å². The molecule has 2 aliphatic rings. The van der Waals surface area contributed by atoms with E-state index < -0.39 is 24.1 Å². The number of carbonyl (C=O) groups is 5. The summed E-state index contributed by atoms with van der Waals surface area (Å²) in [5.74, 6) is 6.26. The Bertz CT molecular complexity index is 2600. The molecular formula is C42H40N8O6S2. The summed E-state index contributed by atoms with van der Waals surface area (Å²) >= 11 is 3.24. The largest absolute Gasteiger partial charge is 0.465 e. The van der Waals surface area contributed by atoms with Gasteiger partial charge in [-0.25, -0.2) is 14.8 Å². The van der Waals surface area contributed by atoms with Crippen LogP contribution in [0, 0.1) is 17.8 Å². The first kappa shape index (κ1) is 38.6. The Balaban J connectivity index is 0.984. The third-order valence-corrected chi connectivity index (χ3v) is 12.9. The molecule has 2 aromatic carbocycles. The quantitative estimate of drug-likeness (QED) is 0.0604. The summed E-state index contributed by atoms with van der Waals surface area (Å²) < 4.78 is 2.18. The molecule has 2 saturated heterocycles. The number of aromatic amines is 2. The van der Waals surface area contributed by atoms with Crippen LogP contribution in [0.1, 0.15) is 86.1 Å². The number of nitrogens with zero attached hydrogens (tertiary/aromatic N) is 4. The van der Waals surface area contributed by atoms with Crippen LogP contribution in [0.4, 0.5) is 4.79 Å². The Morgan fingerprint density at radius 3 is 2.34 bits per heavy atom. The lowest BCUT2D eigenvalue weighted by molar-refractivity contribution is -0.140. The van der Waals surface area contributed by atoms with Gasteiger partial charge in [-0.05, 0) is 60.8 Å². The van der Waals surface area contributed by atoms with Gasteiger partial charge in [0, 0.05) is 29.4 Å². The summed E-state index contributed by atoms with van der Waals surface area (Å²) in [7, 11) is 0. The van der Waals surface area contributed by atoms with E-state index in [0.717, 1.165) is 56.4 Å². The maximum absolute atomic E-state index is 13.7. The molecule has 5 N–H and O–H groups in total. The van der Waals surface area contributed by atoms with E-state index in [1.165, 1.54) is 0 Å². The first-order valence-corrected chi connectivity index (χ1v) is 20.8. The molecule has 2 aliphatic heterocycles. The number of rotatable bonds is 10. The van der Waals surface area contributed by atoms with Gasteiger partial charge in [0.15, 0.2) is 0 Å². The van der Waals surface area contributed by atoms with Crippen molar-refractivity contribution in [2.75, 3.05) is 13.1 Å². The van der Waals surface area contributed by atoms with E-state index in [4.69, 9.17) is 4.98 Å². The van der Waals surface area contributed by atoms with Gasteiger partial charge < -0.3 is 35.5 Å².